The quantitative estimate of drug-likeness (QED) is 0.884. The van der Waals surface area contributed by atoms with Crippen molar-refractivity contribution in [2.75, 3.05) is 18.1 Å². The largest absolute Gasteiger partial charge is 0.325 e. The average Bonchev–Trinajstić information content (AvgIpc) is 3.19. The van der Waals surface area contributed by atoms with E-state index in [-0.39, 0.29) is 5.91 Å². The van der Waals surface area contributed by atoms with Crippen LogP contribution in [0.4, 0.5) is 5.69 Å². The molecule has 1 saturated heterocycles. The van der Waals surface area contributed by atoms with Gasteiger partial charge in [0.15, 0.2) is 0 Å². The van der Waals surface area contributed by atoms with Crippen molar-refractivity contribution in [3.8, 4) is 5.69 Å². The van der Waals surface area contributed by atoms with Gasteiger partial charge in [-0.1, -0.05) is 0 Å². The molecular formula is C14H17N5O3S. The first-order valence-electron chi connectivity index (χ1n) is 7.18. The molecule has 1 fully saturated rings. The second kappa shape index (κ2) is 6.09. The molecule has 1 N–H and O–H groups in total. The number of nitrogens with one attached hydrogen (secondary N) is 1. The summed E-state index contributed by atoms with van der Waals surface area (Å²) in [6.07, 6.45) is 5.38. The van der Waals surface area contributed by atoms with Gasteiger partial charge in [0.05, 0.1) is 11.9 Å². The van der Waals surface area contributed by atoms with E-state index in [4.69, 9.17) is 0 Å². The van der Waals surface area contributed by atoms with Crippen LogP contribution in [0.1, 0.15) is 12.8 Å². The molecule has 1 aromatic heterocycles. The molecule has 0 spiro atoms. The van der Waals surface area contributed by atoms with Crippen molar-refractivity contribution in [3.05, 3.63) is 36.9 Å². The highest BCUT2D eigenvalue weighted by Gasteiger charge is 2.36. The number of nitrogens with zero attached hydrogens (tertiary/aromatic N) is 4. The number of benzene rings is 1. The number of hydrogen-bond acceptors (Lipinski definition) is 5. The standard InChI is InChI=1S/C14H17N5O3S/c1-23(21,22)19-8-2-3-13(19)14(20)17-11-4-6-12(7-5-11)18-10-15-9-16-18/h4-7,9-10,13H,2-3,8H2,1H3,(H,17,20). The van der Waals surface area contributed by atoms with Crippen LogP contribution in [0.25, 0.3) is 5.69 Å². The van der Waals surface area contributed by atoms with Crippen molar-refractivity contribution >= 4 is 21.6 Å². The molecule has 0 saturated carbocycles. The fraction of sp³-hybridized carbons (Fsp3) is 0.357. The molecule has 2 aromatic rings. The predicted octanol–water partition coefficient (Wildman–Crippen LogP) is 0.630. The van der Waals surface area contributed by atoms with Crippen LogP contribution >= 0.6 is 0 Å². The van der Waals surface area contributed by atoms with Crippen molar-refractivity contribution in [1.82, 2.24) is 19.1 Å². The Hall–Kier alpha value is -2.26. The van der Waals surface area contributed by atoms with Gasteiger partial charge in [-0.15, -0.1) is 0 Å². The number of hydrogen-bond donors (Lipinski definition) is 1. The maximum atomic E-state index is 12.3. The number of anilines is 1. The van der Waals surface area contributed by atoms with Crippen LogP contribution in [-0.4, -0.2) is 52.2 Å². The molecule has 3 rings (SSSR count). The van der Waals surface area contributed by atoms with E-state index in [0.29, 0.717) is 25.1 Å². The lowest BCUT2D eigenvalue weighted by Crippen LogP contribution is -2.42. The molecule has 0 aliphatic carbocycles. The van der Waals surface area contributed by atoms with Crippen molar-refractivity contribution in [1.29, 1.82) is 0 Å². The maximum absolute atomic E-state index is 12.3. The molecule has 1 unspecified atom stereocenters. The van der Waals surface area contributed by atoms with E-state index in [1.54, 1.807) is 35.3 Å². The molecule has 8 nitrogen and oxygen atoms in total. The molecule has 9 heteroatoms. The molecule has 2 heterocycles. The third kappa shape index (κ3) is 3.40. The third-order valence-electron chi connectivity index (χ3n) is 3.75. The van der Waals surface area contributed by atoms with Crippen LogP contribution in [-0.2, 0) is 14.8 Å². The number of carbonyl (C=O) groups is 1. The lowest BCUT2D eigenvalue weighted by Gasteiger charge is -2.21. The third-order valence-corrected chi connectivity index (χ3v) is 5.04. The summed E-state index contributed by atoms with van der Waals surface area (Å²) in [6.45, 7) is 0.391. The Morgan fingerprint density at radius 3 is 2.65 bits per heavy atom. The Labute approximate surface area is 134 Å². The summed E-state index contributed by atoms with van der Waals surface area (Å²) in [5, 5.41) is 6.79. The Balaban J connectivity index is 1.70. The molecule has 1 aliphatic heterocycles. The highest BCUT2D eigenvalue weighted by atomic mass is 32.2. The normalized spacial score (nSPS) is 18.9. The number of carbonyl (C=O) groups excluding carboxylic acids is 1. The van der Waals surface area contributed by atoms with Gasteiger partial charge in [-0.05, 0) is 37.1 Å². The topological polar surface area (TPSA) is 97.2 Å². The van der Waals surface area contributed by atoms with E-state index in [1.165, 1.54) is 10.6 Å². The average molecular weight is 335 g/mol. The lowest BCUT2D eigenvalue weighted by atomic mass is 10.2. The molecule has 23 heavy (non-hydrogen) atoms. The first-order valence-corrected chi connectivity index (χ1v) is 9.03. The molecule has 1 amide bonds. The summed E-state index contributed by atoms with van der Waals surface area (Å²) >= 11 is 0. The first kappa shape index (κ1) is 15.6. The van der Waals surface area contributed by atoms with Gasteiger partial charge in [0.2, 0.25) is 15.9 Å². The van der Waals surface area contributed by atoms with Crippen LogP contribution in [0, 0.1) is 0 Å². The van der Waals surface area contributed by atoms with Gasteiger partial charge in [-0.3, -0.25) is 4.79 Å². The molecule has 0 radical (unpaired) electrons. The van der Waals surface area contributed by atoms with Crippen LogP contribution in [0.15, 0.2) is 36.9 Å². The highest BCUT2D eigenvalue weighted by molar-refractivity contribution is 7.88. The van der Waals surface area contributed by atoms with Gasteiger partial charge in [-0.2, -0.15) is 9.40 Å². The SMILES string of the molecule is CS(=O)(=O)N1CCCC1C(=O)Nc1ccc(-n2cncn2)cc1. The van der Waals surface area contributed by atoms with Crippen molar-refractivity contribution in [2.24, 2.45) is 0 Å². The van der Waals surface area contributed by atoms with E-state index in [9.17, 15) is 13.2 Å². The lowest BCUT2D eigenvalue weighted by molar-refractivity contribution is -0.119. The Bertz CT molecular complexity index is 786. The Kier molecular flexibility index (Phi) is 4.14. The second-order valence-electron chi connectivity index (χ2n) is 5.41. The van der Waals surface area contributed by atoms with Gasteiger partial charge in [0, 0.05) is 12.2 Å². The van der Waals surface area contributed by atoms with Gasteiger partial charge in [0.25, 0.3) is 0 Å². The van der Waals surface area contributed by atoms with Crippen molar-refractivity contribution in [3.63, 3.8) is 0 Å². The Morgan fingerprint density at radius 2 is 2.04 bits per heavy atom. The number of rotatable bonds is 4. The molecule has 0 bridgehead atoms. The fourth-order valence-electron chi connectivity index (χ4n) is 2.66. The van der Waals surface area contributed by atoms with Gasteiger partial charge in [-0.25, -0.2) is 18.1 Å². The summed E-state index contributed by atoms with van der Waals surface area (Å²) < 4.78 is 26.3. The van der Waals surface area contributed by atoms with Crippen LogP contribution < -0.4 is 5.32 Å². The monoisotopic (exact) mass is 335 g/mol. The summed E-state index contributed by atoms with van der Waals surface area (Å²) in [7, 11) is -3.37. The molecule has 1 aliphatic rings. The minimum absolute atomic E-state index is 0.304. The van der Waals surface area contributed by atoms with E-state index in [0.717, 1.165) is 11.9 Å². The molecular weight excluding hydrogens is 318 g/mol. The van der Waals surface area contributed by atoms with Gasteiger partial charge >= 0.3 is 0 Å². The van der Waals surface area contributed by atoms with Gasteiger partial charge < -0.3 is 5.32 Å². The number of amides is 1. The zero-order chi connectivity index (χ0) is 16.4. The van der Waals surface area contributed by atoms with E-state index < -0.39 is 16.1 Å². The molecule has 1 aromatic carbocycles. The smallest absolute Gasteiger partial charge is 0.242 e. The number of sulfonamides is 1. The first-order chi connectivity index (χ1) is 10.9. The summed E-state index contributed by atoms with van der Waals surface area (Å²) in [4.78, 5) is 16.2. The maximum Gasteiger partial charge on any atom is 0.242 e. The number of aromatic nitrogens is 3. The second-order valence-corrected chi connectivity index (χ2v) is 7.34. The zero-order valence-corrected chi connectivity index (χ0v) is 13.4. The summed E-state index contributed by atoms with van der Waals surface area (Å²) in [6, 6.07) is 6.45. The molecule has 122 valence electrons. The van der Waals surface area contributed by atoms with Crippen LogP contribution in [0.3, 0.4) is 0 Å². The summed E-state index contributed by atoms with van der Waals surface area (Å²) in [5.41, 5.74) is 1.43. The van der Waals surface area contributed by atoms with E-state index >= 15 is 0 Å². The van der Waals surface area contributed by atoms with Crippen LogP contribution in [0.5, 0.6) is 0 Å². The highest BCUT2D eigenvalue weighted by Crippen LogP contribution is 2.22. The zero-order valence-electron chi connectivity index (χ0n) is 12.6. The van der Waals surface area contributed by atoms with Crippen molar-refractivity contribution in [2.45, 2.75) is 18.9 Å². The fourth-order valence-corrected chi connectivity index (χ4v) is 3.79. The predicted molar refractivity (Wildman–Crippen MR) is 84.6 cm³/mol. The van der Waals surface area contributed by atoms with Crippen molar-refractivity contribution < 1.29 is 13.2 Å². The van der Waals surface area contributed by atoms with Crippen LogP contribution in [0.2, 0.25) is 0 Å². The Morgan fingerprint density at radius 1 is 1.30 bits per heavy atom. The van der Waals surface area contributed by atoms with Gasteiger partial charge in [0.1, 0.15) is 18.7 Å². The minimum Gasteiger partial charge on any atom is -0.325 e. The van der Waals surface area contributed by atoms with E-state index in [1.807, 2.05) is 0 Å². The minimum atomic E-state index is -3.37. The molecule has 1 atom stereocenters. The summed E-state index contributed by atoms with van der Waals surface area (Å²) in [5.74, 6) is -0.304. The van der Waals surface area contributed by atoms with E-state index in [2.05, 4.69) is 15.4 Å².